The zero-order valence-electron chi connectivity index (χ0n) is 5.46. The summed E-state index contributed by atoms with van der Waals surface area (Å²) in [6, 6.07) is 0. The fourth-order valence-corrected chi connectivity index (χ4v) is 0.651. The van der Waals surface area contributed by atoms with E-state index in [9.17, 15) is 17.6 Å². The third-order valence-electron chi connectivity index (χ3n) is 1.06. The lowest BCUT2D eigenvalue weighted by atomic mass is 10.5. The van der Waals surface area contributed by atoms with E-state index in [0.717, 1.165) is 0 Å². The average molecular weight is 168 g/mol. The quantitative estimate of drug-likeness (QED) is 0.588. The molecule has 2 nitrogen and oxygen atoms in total. The van der Waals surface area contributed by atoms with Crippen molar-refractivity contribution < 1.29 is 17.6 Å². The van der Waals surface area contributed by atoms with Crippen LogP contribution in [0.1, 0.15) is 11.5 Å². The van der Waals surface area contributed by atoms with Crippen molar-refractivity contribution >= 4 is 0 Å². The zero-order valence-corrected chi connectivity index (χ0v) is 5.46. The molecule has 0 saturated carbocycles. The predicted octanol–water partition coefficient (Wildman–Crippen LogP) is 1.88. The minimum atomic E-state index is -4.69. The number of hydrogen-bond acceptors (Lipinski definition) is 1. The van der Waals surface area contributed by atoms with Crippen LogP contribution >= 0.6 is 0 Å². The molecule has 0 spiro atoms. The third-order valence-corrected chi connectivity index (χ3v) is 1.06. The Morgan fingerprint density at radius 2 is 1.91 bits per heavy atom. The molecule has 1 rings (SSSR count). The minimum absolute atomic E-state index is 0.0881. The van der Waals surface area contributed by atoms with Gasteiger partial charge in [-0.15, -0.1) is 0 Å². The second-order valence-corrected chi connectivity index (χ2v) is 1.99. The van der Waals surface area contributed by atoms with E-state index in [0.29, 0.717) is 0 Å². The van der Waals surface area contributed by atoms with Crippen LogP contribution < -0.4 is 0 Å². The summed E-state index contributed by atoms with van der Waals surface area (Å²) in [5.41, 5.74) is -1.42. The summed E-state index contributed by atoms with van der Waals surface area (Å²) in [5.74, 6) is -1.59. The molecular formula is C5H4F4N2. The Labute approximate surface area is 59.3 Å². The number of imidazole rings is 1. The van der Waals surface area contributed by atoms with Crippen molar-refractivity contribution in [2.75, 3.05) is 0 Å². The van der Waals surface area contributed by atoms with Gasteiger partial charge in [-0.3, -0.25) is 0 Å². The Balaban J connectivity index is 3.13. The number of hydrogen-bond donors (Lipinski definition) is 1. The highest BCUT2D eigenvalue weighted by molar-refractivity contribution is 5.06. The van der Waals surface area contributed by atoms with Crippen LogP contribution in [0, 0.1) is 12.9 Å². The molecule has 62 valence electrons. The number of alkyl halides is 3. The van der Waals surface area contributed by atoms with E-state index in [4.69, 9.17) is 0 Å². The molecule has 0 fully saturated rings. The second kappa shape index (κ2) is 2.21. The van der Waals surface area contributed by atoms with E-state index in [-0.39, 0.29) is 5.82 Å². The van der Waals surface area contributed by atoms with Gasteiger partial charge in [-0.25, -0.2) is 4.98 Å². The summed E-state index contributed by atoms with van der Waals surface area (Å²) in [6.07, 6.45) is -4.69. The van der Waals surface area contributed by atoms with Crippen molar-refractivity contribution in [3.63, 3.8) is 0 Å². The maximum atomic E-state index is 12.2. The van der Waals surface area contributed by atoms with Crippen LogP contribution in [0.3, 0.4) is 0 Å². The lowest BCUT2D eigenvalue weighted by molar-refractivity contribution is -0.143. The molecule has 1 aromatic heterocycles. The molecule has 0 unspecified atom stereocenters. The standard InChI is InChI=1S/C5H4F4N2/c1-2-10-3(4(6)11-2)5(7,8)9/h1H3,(H,10,11). The van der Waals surface area contributed by atoms with E-state index in [2.05, 4.69) is 4.98 Å². The molecule has 0 aliphatic rings. The van der Waals surface area contributed by atoms with Crippen LogP contribution in [0.2, 0.25) is 0 Å². The lowest BCUT2D eigenvalue weighted by Gasteiger charge is -2.00. The predicted molar refractivity (Wildman–Crippen MR) is 28.3 cm³/mol. The van der Waals surface area contributed by atoms with Gasteiger partial charge in [0, 0.05) is 0 Å². The number of rotatable bonds is 0. The molecule has 6 heteroatoms. The molecule has 0 atom stereocenters. The van der Waals surface area contributed by atoms with Gasteiger partial charge >= 0.3 is 6.18 Å². The molecule has 0 saturated heterocycles. The van der Waals surface area contributed by atoms with Crippen molar-refractivity contribution in [3.8, 4) is 0 Å². The normalized spacial score (nSPS) is 12.1. The molecule has 0 amide bonds. The maximum absolute atomic E-state index is 12.2. The SMILES string of the molecule is Cc1nc(F)c(C(F)(F)F)[nH]1. The van der Waals surface area contributed by atoms with Crippen LogP contribution in [0.25, 0.3) is 0 Å². The van der Waals surface area contributed by atoms with E-state index in [1.54, 1.807) is 4.98 Å². The molecule has 0 aromatic carbocycles. The van der Waals surface area contributed by atoms with Crippen molar-refractivity contribution in [1.29, 1.82) is 0 Å². The molecule has 0 aliphatic heterocycles. The van der Waals surface area contributed by atoms with E-state index >= 15 is 0 Å². The van der Waals surface area contributed by atoms with Gasteiger partial charge in [-0.1, -0.05) is 0 Å². The molecule has 1 N–H and O–H groups in total. The molecular weight excluding hydrogens is 164 g/mol. The molecule has 1 aromatic rings. The van der Waals surface area contributed by atoms with Gasteiger partial charge < -0.3 is 4.98 Å². The Morgan fingerprint density at radius 1 is 1.36 bits per heavy atom. The highest BCUT2D eigenvalue weighted by Gasteiger charge is 2.36. The first kappa shape index (κ1) is 8.03. The van der Waals surface area contributed by atoms with Gasteiger partial charge in [0.15, 0.2) is 5.69 Å². The highest BCUT2D eigenvalue weighted by atomic mass is 19.4. The largest absolute Gasteiger partial charge is 0.435 e. The Kier molecular flexibility index (Phi) is 1.62. The molecule has 0 aliphatic carbocycles. The maximum Gasteiger partial charge on any atom is 0.435 e. The zero-order chi connectivity index (χ0) is 8.65. The van der Waals surface area contributed by atoms with Gasteiger partial charge in [0.05, 0.1) is 0 Å². The fraction of sp³-hybridized carbons (Fsp3) is 0.400. The van der Waals surface area contributed by atoms with Crippen LogP contribution in [0.5, 0.6) is 0 Å². The van der Waals surface area contributed by atoms with Gasteiger partial charge in [0.1, 0.15) is 5.82 Å². The first-order valence-electron chi connectivity index (χ1n) is 2.70. The molecule has 11 heavy (non-hydrogen) atoms. The Morgan fingerprint density at radius 3 is 2.09 bits per heavy atom. The number of aryl methyl sites for hydroxylation is 1. The molecule has 1 heterocycles. The number of H-pyrrole nitrogens is 1. The first-order valence-corrected chi connectivity index (χ1v) is 2.70. The number of aromatic nitrogens is 2. The van der Waals surface area contributed by atoms with Gasteiger partial charge in [-0.05, 0) is 6.92 Å². The highest BCUT2D eigenvalue weighted by Crippen LogP contribution is 2.29. The van der Waals surface area contributed by atoms with Crippen LogP contribution in [-0.2, 0) is 6.18 Å². The van der Waals surface area contributed by atoms with Gasteiger partial charge in [-0.2, -0.15) is 17.6 Å². The fourth-order valence-electron chi connectivity index (χ4n) is 0.651. The van der Waals surface area contributed by atoms with Gasteiger partial charge in [0.25, 0.3) is 0 Å². The van der Waals surface area contributed by atoms with Crippen molar-refractivity contribution in [2.45, 2.75) is 13.1 Å². The summed E-state index contributed by atoms with van der Waals surface area (Å²) in [6.45, 7) is 1.25. The number of nitrogens with zero attached hydrogens (tertiary/aromatic N) is 1. The topological polar surface area (TPSA) is 28.7 Å². The van der Waals surface area contributed by atoms with Crippen molar-refractivity contribution in [2.24, 2.45) is 0 Å². The van der Waals surface area contributed by atoms with Crippen molar-refractivity contribution in [1.82, 2.24) is 9.97 Å². The summed E-state index contributed by atoms with van der Waals surface area (Å²) in [5, 5.41) is 0. The van der Waals surface area contributed by atoms with E-state index in [1.165, 1.54) is 6.92 Å². The van der Waals surface area contributed by atoms with Crippen molar-refractivity contribution in [3.05, 3.63) is 17.5 Å². The second-order valence-electron chi connectivity index (χ2n) is 1.99. The smallest absolute Gasteiger partial charge is 0.336 e. The third kappa shape index (κ3) is 1.50. The van der Waals surface area contributed by atoms with E-state index in [1.807, 2.05) is 0 Å². The Hall–Kier alpha value is -1.07. The first-order chi connectivity index (χ1) is 4.91. The summed E-state index contributed by atoms with van der Waals surface area (Å²) < 4.78 is 47.5. The number of nitrogens with one attached hydrogen (secondary N) is 1. The van der Waals surface area contributed by atoms with Crippen LogP contribution in [0.15, 0.2) is 0 Å². The summed E-state index contributed by atoms with van der Waals surface area (Å²) in [7, 11) is 0. The summed E-state index contributed by atoms with van der Waals surface area (Å²) in [4.78, 5) is 4.71. The monoisotopic (exact) mass is 168 g/mol. The molecule has 0 radical (unpaired) electrons. The lowest BCUT2D eigenvalue weighted by Crippen LogP contribution is -2.07. The van der Waals surface area contributed by atoms with Crippen LogP contribution in [-0.4, -0.2) is 9.97 Å². The van der Waals surface area contributed by atoms with E-state index < -0.39 is 17.8 Å². The molecule has 0 bridgehead atoms. The number of aromatic amines is 1. The average Bonchev–Trinajstić information content (AvgIpc) is 2.08. The van der Waals surface area contributed by atoms with Crippen LogP contribution in [0.4, 0.5) is 17.6 Å². The summed E-state index contributed by atoms with van der Waals surface area (Å²) >= 11 is 0. The minimum Gasteiger partial charge on any atom is -0.336 e. The number of halogens is 4. The Bertz CT molecular complexity index is 262. The van der Waals surface area contributed by atoms with Gasteiger partial charge in [0.2, 0.25) is 5.95 Å².